The molecule has 0 radical (unpaired) electrons. The van der Waals surface area contributed by atoms with Crippen LogP contribution in [-0.4, -0.2) is 72.9 Å². The number of hydrogen-bond acceptors (Lipinski definition) is 4. The maximum absolute atomic E-state index is 12.7. The summed E-state index contributed by atoms with van der Waals surface area (Å²) >= 11 is 0. The Balaban J connectivity index is 0.00000256. The predicted octanol–water partition coefficient (Wildman–Crippen LogP) is 1.84. The fourth-order valence-electron chi connectivity index (χ4n) is 5.16. The molecular formula is C22H36IN5O2. The zero-order valence-corrected chi connectivity index (χ0v) is 20.7. The summed E-state index contributed by atoms with van der Waals surface area (Å²) in [5.41, 5.74) is 0. The third-order valence-electron chi connectivity index (χ3n) is 7.09. The number of carbonyl (C=O) groups excluding carboxylic acids is 2. The highest BCUT2D eigenvalue weighted by Gasteiger charge is 2.58. The third-order valence-corrected chi connectivity index (χ3v) is 7.09. The topological polar surface area (TPSA) is 77.0 Å². The summed E-state index contributed by atoms with van der Waals surface area (Å²) in [7, 11) is 2.18. The smallest absolute Gasteiger partial charge is 0.233 e. The molecule has 2 saturated carbocycles. The second kappa shape index (κ2) is 9.97. The van der Waals surface area contributed by atoms with Crippen LogP contribution >= 0.6 is 24.0 Å². The number of carbonyl (C=O) groups is 2. The molecule has 1 heterocycles. The third kappa shape index (κ3) is 4.69. The Morgan fingerprint density at radius 1 is 1.20 bits per heavy atom. The summed E-state index contributed by atoms with van der Waals surface area (Å²) in [4.78, 5) is 34.1. The first-order valence-electron chi connectivity index (χ1n) is 11.3. The van der Waals surface area contributed by atoms with Gasteiger partial charge in [0.2, 0.25) is 11.8 Å². The monoisotopic (exact) mass is 529 g/mol. The van der Waals surface area contributed by atoms with E-state index >= 15 is 0 Å². The van der Waals surface area contributed by atoms with Crippen molar-refractivity contribution in [3.8, 4) is 0 Å². The van der Waals surface area contributed by atoms with Gasteiger partial charge in [0.05, 0.1) is 18.4 Å². The van der Waals surface area contributed by atoms with Gasteiger partial charge in [0, 0.05) is 31.7 Å². The maximum Gasteiger partial charge on any atom is 0.233 e. The molecule has 2 bridgehead atoms. The van der Waals surface area contributed by atoms with Crippen LogP contribution in [0.3, 0.4) is 0 Å². The molecule has 2 amide bonds. The van der Waals surface area contributed by atoms with Crippen molar-refractivity contribution in [2.24, 2.45) is 28.7 Å². The lowest BCUT2D eigenvalue weighted by molar-refractivity contribution is -0.140. The number of allylic oxidation sites excluding steroid dienone is 2. The molecule has 1 aliphatic heterocycles. The Morgan fingerprint density at radius 3 is 2.40 bits per heavy atom. The zero-order chi connectivity index (χ0) is 20.5. The second-order valence-electron chi connectivity index (χ2n) is 9.07. The molecule has 1 saturated heterocycles. The van der Waals surface area contributed by atoms with Crippen LogP contribution < -0.4 is 10.6 Å². The summed E-state index contributed by atoms with van der Waals surface area (Å²) in [6.07, 6.45) is 8.61. The Kier molecular flexibility index (Phi) is 7.81. The van der Waals surface area contributed by atoms with E-state index < -0.39 is 0 Å². The van der Waals surface area contributed by atoms with E-state index in [0.717, 1.165) is 37.9 Å². The van der Waals surface area contributed by atoms with Crippen LogP contribution in [-0.2, 0) is 9.59 Å². The number of nitrogens with zero attached hydrogens (tertiary/aromatic N) is 3. The molecule has 0 aromatic carbocycles. The number of aliphatic imine (C=N–C) groups is 1. The largest absolute Gasteiger partial charge is 0.357 e. The van der Waals surface area contributed by atoms with Gasteiger partial charge >= 0.3 is 0 Å². The van der Waals surface area contributed by atoms with Gasteiger partial charge in [0.25, 0.3) is 0 Å². The molecule has 8 heteroatoms. The normalized spacial score (nSPS) is 30.7. The van der Waals surface area contributed by atoms with Crippen LogP contribution in [0.4, 0.5) is 0 Å². The Morgan fingerprint density at radius 2 is 1.83 bits per heavy atom. The van der Waals surface area contributed by atoms with Crippen molar-refractivity contribution in [2.45, 2.75) is 51.6 Å². The fourth-order valence-corrected chi connectivity index (χ4v) is 5.16. The minimum Gasteiger partial charge on any atom is -0.357 e. The van der Waals surface area contributed by atoms with Gasteiger partial charge in [-0.15, -0.1) is 24.0 Å². The number of halogens is 1. The number of nitrogens with one attached hydrogen (secondary N) is 2. The lowest BCUT2D eigenvalue weighted by atomic mass is 9.85. The number of hydrogen-bond donors (Lipinski definition) is 2. The molecule has 5 atom stereocenters. The minimum atomic E-state index is -0.0886. The maximum atomic E-state index is 12.7. The van der Waals surface area contributed by atoms with E-state index in [9.17, 15) is 9.59 Å². The number of guanidine groups is 1. The summed E-state index contributed by atoms with van der Waals surface area (Å²) in [6, 6.07) is 1.15. The van der Waals surface area contributed by atoms with Crippen molar-refractivity contribution in [1.82, 2.24) is 20.4 Å². The number of amides is 2. The molecule has 0 aromatic rings. The number of likely N-dealkylation sites (tertiary alicyclic amines) is 1. The van der Waals surface area contributed by atoms with Crippen LogP contribution in [0.2, 0.25) is 0 Å². The molecule has 2 N–H and O–H groups in total. The van der Waals surface area contributed by atoms with Crippen molar-refractivity contribution in [3.63, 3.8) is 0 Å². The highest BCUT2D eigenvalue weighted by Crippen LogP contribution is 2.52. The Labute approximate surface area is 197 Å². The lowest BCUT2D eigenvalue weighted by Crippen LogP contribution is -2.41. The average Bonchev–Trinajstić information content (AvgIpc) is 3.28. The van der Waals surface area contributed by atoms with Crippen molar-refractivity contribution < 1.29 is 9.59 Å². The van der Waals surface area contributed by atoms with Crippen LogP contribution in [0.25, 0.3) is 0 Å². The first-order chi connectivity index (χ1) is 14.0. The van der Waals surface area contributed by atoms with Gasteiger partial charge < -0.3 is 10.6 Å². The molecule has 4 aliphatic rings. The molecule has 4 rings (SSSR count). The van der Waals surface area contributed by atoms with Crippen LogP contribution in [0.5, 0.6) is 0 Å². The van der Waals surface area contributed by atoms with Crippen LogP contribution in [0.1, 0.15) is 39.5 Å². The van der Waals surface area contributed by atoms with Gasteiger partial charge in [-0.2, -0.15) is 0 Å². The standard InChI is InChI=1S/C22H35N5O2.HI/c1-4-23-22(25-13-14(2)26(3)17-8-9-17)24-10-5-11-27-20(28)18-15-6-7-16(12-15)19(18)21(27)29;/h6-7,14-19H,4-5,8-13H2,1-3H3,(H2,23,24,25);1H. The van der Waals surface area contributed by atoms with Gasteiger partial charge in [0.1, 0.15) is 0 Å². The molecule has 0 spiro atoms. The molecule has 3 fully saturated rings. The van der Waals surface area contributed by atoms with Crippen LogP contribution in [0.15, 0.2) is 17.1 Å². The predicted molar refractivity (Wildman–Crippen MR) is 129 cm³/mol. The molecule has 168 valence electrons. The van der Waals surface area contributed by atoms with Gasteiger partial charge in [-0.3, -0.25) is 24.4 Å². The van der Waals surface area contributed by atoms with E-state index in [2.05, 4.69) is 48.6 Å². The minimum absolute atomic E-state index is 0. The van der Waals surface area contributed by atoms with E-state index in [4.69, 9.17) is 4.99 Å². The first-order valence-corrected chi connectivity index (χ1v) is 11.3. The zero-order valence-electron chi connectivity index (χ0n) is 18.3. The molecule has 7 nitrogen and oxygen atoms in total. The number of likely N-dealkylation sites (N-methyl/N-ethyl adjacent to an activating group) is 1. The number of rotatable bonds is 9. The average molecular weight is 529 g/mol. The molecule has 30 heavy (non-hydrogen) atoms. The van der Waals surface area contributed by atoms with Gasteiger partial charge in [-0.25, -0.2) is 0 Å². The SMILES string of the molecule is CCNC(=NCC(C)N(C)C1CC1)NCCCN1C(=O)C2C3C=CC(C3)C2C1=O.I. The lowest BCUT2D eigenvalue weighted by Gasteiger charge is -2.23. The van der Waals surface area contributed by atoms with E-state index in [1.165, 1.54) is 17.7 Å². The summed E-state index contributed by atoms with van der Waals surface area (Å²) in [5, 5.41) is 6.64. The van der Waals surface area contributed by atoms with Crippen molar-refractivity contribution in [1.29, 1.82) is 0 Å². The second-order valence-corrected chi connectivity index (χ2v) is 9.07. The van der Waals surface area contributed by atoms with Crippen molar-refractivity contribution in [2.75, 3.05) is 33.2 Å². The van der Waals surface area contributed by atoms with E-state index in [0.29, 0.717) is 19.1 Å². The summed E-state index contributed by atoms with van der Waals surface area (Å²) in [6.45, 7) is 7.02. The first kappa shape index (κ1) is 23.5. The quantitative estimate of drug-likeness (QED) is 0.119. The molecule has 0 aromatic heterocycles. The van der Waals surface area contributed by atoms with Gasteiger partial charge in [-0.1, -0.05) is 12.2 Å². The van der Waals surface area contributed by atoms with Crippen molar-refractivity contribution >= 4 is 41.8 Å². The summed E-state index contributed by atoms with van der Waals surface area (Å²) in [5.74, 6) is 1.30. The fraction of sp³-hybridized carbons (Fsp3) is 0.773. The Hall–Kier alpha value is -1.16. The van der Waals surface area contributed by atoms with E-state index in [-0.39, 0.29) is 59.5 Å². The summed E-state index contributed by atoms with van der Waals surface area (Å²) < 4.78 is 0. The van der Waals surface area contributed by atoms with Gasteiger partial charge in [0.15, 0.2) is 5.96 Å². The Bertz CT molecular complexity index is 678. The van der Waals surface area contributed by atoms with Crippen LogP contribution in [0, 0.1) is 23.7 Å². The van der Waals surface area contributed by atoms with Gasteiger partial charge in [-0.05, 0) is 58.4 Å². The molecule has 3 aliphatic carbocycles. The van der Waals surface area contributed by atoms with Crippen molar-refractivity contribution in [3.05, 3.63) is 12.2 Å². The highest BCUT2D eigenvalue weighted by atomic mass is 127. The number of fused-ring (bicyclic) bond motifs is 5. The molecular weight excluding hydrogens is 493 g/mol. The van der Waals surface area contributed by atoms with E-state index in [1.807, 2.05) is 0 Å². The van der Waals surface area contributed by atoms with E-state index in [1.54, 1.807) is 0 Å². The molecule has 5 unspecified atom stereocenters. The highest BCUT2D eigenvalue weighted by molar-refractivity contribution is 14.0. The number of imide groups is 1.